The maximum absolute atomic E-state index is 12.7. The van der Waals surface area contributed by atoms with E-state index in [-0.39, 0.29) is 24.5 Å². The molecular weight excluding hydrogens is 419 g/mol. The number of anilines is 1. The summed E-state index contributed by atoms with van der Waals surface area (Å²) in [4.78, 5) is 14.2. The number of nitrogens with one attached hydrogen (secondary N) is 1. The smallest absolute Gasteiger partial charge is 0.416 e. The molecule has 0 unspecified atom stereocenters. The summed E-state index contributed by atoms with van der Waals surface area (Å²) in [7, 11) is 0. The second-order valence-electron chi connectivity index (χ2n) is 5.15. The molecule has 26 heavy (non-hydrogen) atoms. The number of alkyl halides is 3. The van der Waals surface area contributed by atoms with E-state index in [4.69, 9.17) is 0 Å². The zero-order valence-electron chi connectivity index (χ0n) is 13.1. The fourth-order valence-corrected chi connectivity index (χ4v) is 2.43. The van der Waals surface area contributed by atoms with Crippen molar-refractivity contribution in [2.24, 2.45) is 4.99 Å². The topological polar surface area (TPSA) is 87.8 Å². The van der Waals surface area contributed by atoms with Gasteiger partial charge in [-0.2, -0.15) is 13.2 Å². The van der Waals surface area contributed by atoms with Crippen molar-refractivity contribution in [3.05, 3.63) is 62.1 Å². The molecule has 0 aliphatic carbocycles. The van der Waals surface area contributed by atoms with Crippen molar-refractivity contribution in [1.82, 2.24) is 0 Å². The monoisotopic (exact) mass is 431 g/mol. The molecule has 2 rings (SSSR count). The van der Waals surface area contributed by atoms with Crippen LogP contribution in [-0.2, 0) is 6.18 Å². The van der Waals surface area contributed by atoms with Gasteiger partial charge in [0.25, 0.3) is 5.69 Å². The molecule has 2 aromatic rings. The molecular formula is C16H13BrF3N3O3. The van der Waals surface area contributed by atoms with E-state index in [9.17, 15) is 28.4 Å². The van der Waals surface area contributed by atoms with Gasteiger partial charge in [0.15, 0.2) is 0 Å². The van der Waals surface area contributed by atoms with Gasteiger partial charge in [-0.05, 0) is 30.3 Å². The first-order valence-corrected chi connectivity index (χ1v) is 8.05. The molecule has 0 saturated carbocycles. The zero-order chi connectivity index (χ0) is 19.3. The lowest BCUT2D eigenvalue weighted by Gasteiger charge is -2.10. The first kappa shape index (κ1) is 19.7. The van der Waals surface area contributed by atoms with Crippen LogP contribution in [0.1, 0.15) is 11.1 Å². The molecule has 138 valence electrons. The Morgan fingerprint density at radius 2 is 2.00 bits per heavy atom. The van der Waals surface area contributed by atoms with E-state index in [2.05, 4.69) is 26.2 Å². The summed E-state index contributed by atoms with van der Waals surface area (Å²) in [5, 5.41) is 23.3. The van der Waals surface area contributed by atoms with Crippen molar-refractivity contribution in [2.75, 3.05) is 18.4 Å². The van der Waals surface area contributed by atoms with Crippen molar-refractivity contribution in [3.8, 4) is 5.75 Å². The van der Waals surface area contributed by atoms with E-state index in [1.165, 1.54) is 12.3 Å². The number of rotatable bonds is 6. The summed E-state index contributed by atoms with van der Waals surface area (Å²) in [5.74, 6) is 0.0447. The molecule has 0 aromatic heterocycles. The van der Waals surface area contributed by atoms with Gasteiger partial charge >= 0.3 is 6.18 Å². The SMILES string of the molecule is O=[N+]([O-])c1cc(C(F)(F)F)ccc1NCCN=Cc1cc(Br)ccc1O. The number of phenols is 1. The van der Waals surface area contributed by atoms with Gasteiger partial charge in [-0.15, -0.1) is 0 Å². The average Bonchev–Trinajstić information content (AvgIpc) is 2.56. The molecule has 0 amide bonds. The lowest BCUT2D eigenvalue weighted by Crippen LogP contribution is -2.10. The highest BCUT2D eigenvalue weighted by Crippen LogP contribution is 2.34. The van der Waals surface area contributed by atoms with Crippen LogP contribution in [0.2, 0.25) is 0 Å². The molecule has 2 N–H and O–H groups in total. The third-order valence-electron chi connectivity index (χ3n) is 3.30. The molecule has 0 aliphatic rings. The molecule has 0 aliphatic heterocycles. The molecule has 0 spiro atoms. The number of hydrogen-bond acceptors (Lipinski definition) is 5. The summed E-state index contributed by atoms with van der Waals surface area (Å²) in [5.41, 5.74) is -1.28. The number of nitro benzene ring substituents is 1. The van der Waals surface area contributed by atoms with Gasteiger partial charge in [-0.3, -0.25) is 15.1 Å². The third kappa shape index (κ3) is 5.19. The minimum atomic E-state index is -4.65. The highest BCUT2D eigenvalue weighted by Gasteiger charge is 2.32. The molecule has 10 heteroatoms. The molecule has 0 fully saturated rings. The maximum atomic E-state index is 12.7. The summed E-state index contributed by atoms with van der Waals surface area (Å²) in [6.45, 7) is 0.363. The second-order valence-corrected chi connectivity index (χ2v) is 6.07. The van der Waals surface area contributed by atoms with E-state index >= 15 is 0 Å². The van der Waals surface area contributed by atoms with Crippen LogP contribution in [0, 0.1) is 10.1 Å². The van der Waals surface area contributed by atoms with Gasteiger partial charge < -0.3 is 10.4 Å². The number of halogens is 4. The van der Waals surface area contributed by atoms with Crippen LogP contribution >= 0.6 is 15.9 Å². The van der Waals surface area contributed by atoms with E-state index in [0.717, 1.165) is 16.6 Å². The molecule has 6 nitrogen and oxygen atoms in total. The van der Waals surface area contributed by atoms with Gasteiger partial charge in [0.2, 0.25) is 0 Å². The van der Waals surface area contributed by atoms with Crippen molar-refractivity contribution >= 4 is 33.5 Å². The summed E-state index contributed by atoms with van der Waals surface area (Å²) >= 11 is 3.26. The van der Waals surface area contributed by atoms with E-state index in [1.807, 2.05) is 0 Å². The number of aliphatic imine (C=N–C) groups is 1. The Bertz CT molecular complexity index is 841. The van der Waals surface area contributed by atoms with Crippen LogP contribution in [-0.4, -0.2) is 29.3 Å². The van der Waals surface area contributed by atoms with Crippen LogP contribution in [0.15, 0.2) is 45.9 Å². The molecule has 0 atom stereocenters. The highest BCUT2D eigenvalue weighted by molar-refractivity contribution is 9.10. The predicted octanol–water partition coefficient (Wildman–Crippen LogP) is 4.61. The fourth-order valence-electron chi connectivity index (χ4n) is 2.06. The van der Waals surface area contributed by atoms with Crippen LogP contribution in [0.5, 0.6) is 5.75 Å². The molecule has 2 aromatic carbocycles. The fraction of sp³-hybridized carbons (Fsp3) is 0.188. The van der Waals surface area contributed by atoms with Crippen molar-refractivity contribution in [1.29, 1.82) is 0 Å². The maximum Gasteiger partial charge on any atom is 0.416 e. The summed E-state index contributed by atoms with van der Waals surface area (Å²) in [6, 6.07) is 7.11. The number of hydrogen-bond donors (Lipinski definition) is 2. The Morgan fingerprint density at radius 1 is 1.27 bits per heavy atom. The van der Waals surface area contributed by atoms with Crippen molar-refractivity contribution < 1.29 is 23.2 Å². The summed E-state index contributed by atoms with van der Waals surface area (Å²) < 4.78 is 38.7. The minimum absolute atomic E-state index is 0.0245. The van der Waals surface area contributed by atoms with E-state index in [0.29, 0.717) is 11.6 Å². The first-order valence-electron chi connectivity index (χ1n) is 7.26. The normalized spacial score (nSPS) is 11.7. The molecule has 0 saturated heterocycles. The molecule has 0 heterocycles. The van der Waals surface area contributed by atoms with Crippen LogP contribution in [0.25, 0.3) is 0 Å². The number of nitro groups is 1. The quantitative estimate of drug-likeness (QED) is 0.302. The third-order valence-corrected chi connectivity index (χ3v) is 3.79. The first-order chi connectivity index (χ1) is 12.2. The Kier molecular flexibility index (Phi) is 6.19. The highest BCUT2D eigenvalue weighted by atomic mass is 79.9. The number of nitrogens with zero attached hydrogens (tertiary/aromatic N) is 2. The lowest BCUT2D eigenvalue weighted by atomic mass is 10.1. The predicted molar refractivity (Wildman–Crippen MR) is 94.9 cm³/mol. The van der Waals surface area contributed by atoms with Gasteiger partial charge in [0.1, 0.15) is 11.4 Å². The largest absolute Gasteiger partial charge is 0.507 e. The Hall–Kier alpha value is -2.62. The van der Waals surface area contributed by atoms with E-state index < -0.39 is 22.4 Å². The van der Waals surface area contributed by atoms with Crippen LogP contribution < -0.4 is 5.32 Å². The number of benzene rings is 2. The average molecular weight is 432 g/mol. The van der Waals surface area contributed by atoms with Gasteiger partial charge in [0, 0.05) is 28.9 Å². The number of aromatic hydroxyl groups is 1. The van der Waals surface area contributed by atoms with Crippen LogP contribution in [0.4, 0.5) is 24.5 Å². The zero-order valence-corrected chi connectivity index (χ0v) is 14.7. The molecule has 0 radical (unpaired) electrons. The number of phenolic OH excluding ortho intramolecular Hbond substituents is 1. The standard InChI is InChI=1S/C16H13BrF3N3O3/c17-12-2-4-15(24)10(7-12)9-21-5-6-22-13-3-1-11(16(18,19)20)8-14(13)23(25)26/h1-4,7-9,22,24H,5-6H2. The van der Waals surface area contributed by atoms with Crippen LogP contribution in [0.3, 0.4) is 0 Å². The Labute approximate surface area is 154 Å². The summed E-state index contributed by atoms with van der Waals surface area (Å²) in [6.07, 6.45) is -3.22. The van der Waals surface area contributed by atoms with Crippen molar-refractivity contribution in [3.63, 3.8) is 0 Å². The van der Waals surface area contributed by atoms with Gasteiger partial charge in [-0.25, -0.2) is 0 Å². The van der Waals surface area contributed by atoms with Gasteiger partial charge in [-0.1, -0.05) is 15.9 Å². The van der Waals surface area contributed by atoms with Gasteiger partial charge in [0.05, 0.1) is 17.0 Å². The Morgan fingerprint density at radius 3 is 2.65 bits per heavy atom. The van der Waals surface area contributed by atoms with E-state index in [1.54, 1.807) is 12.1 Å². The minimum Gasteiger partial charge on any atom is -0.507 e. The molecule has 0 bridgehead atoms. The lowest BCUT2D eigenvalue weighted by molar-refractivity contribution is -0.384. The van der Waals surface area contributed by atoms with Crippen molar-refractivity contribution in [2.45, 2.75) is 6.18 Å². The second kappa shape index (κ2) is 8.17. The Balaban J connectivity index is 2.02.